The minimum absolute atomic E-state index is 0.0118. The van der Waals surface area contributed by atoms with Gasteiger partial charge < -0.3 is 15.3 Å². The van der Waals surface area contributed by atoms with Gasteiger partial charge in [-0.2, -0.15) is 0 Å². The Balaban J connectivity index is 3.24. The van der Waals surface area contributed by atoms with Crippen molar-refractivity contribution in [1.82, 2.24) is 0 Å². The molecule has 76 valence electrons. The van der Waals surface area contributed by atoms with E-state index >= 15 is 0 Å². The minimum Gasteiger partial charge on any atom is -0.506 e. The van der Waals surface area contributed by atoms with Crippen molar-refractivity contribution in [2.75, 3.05) is 0 Å². The number of halogens is 1. The van der Waals surface area contributed by atoms with E-state index in [9.17, 15) is 15.0 Å². The maximum Gasteiger partial charge on any atom is 0.337 e. The quantitative estimate of drug-likeness (QED) is 0.700. The molecule has 0 aliphatic carbocycles. The number of hydrogen-bond donors (Lipinski definition) is 3. The van der Waals surface area contributed by atoms with Crippen molar-refractivity contribution in [3.63, 3.8) is 0 Å². The summed E-state index contributed by atoms with van der Waals surface area (Å²) in [6.45, 7) is 1.62. The fourth-order valence-electron chi connectivity index (χ4n) is 1.02. The van der Waals surface area contributed by atoms with E-state index in [1.54, 1.807) is 6.92 Å². The lowest BCUT2D eigenvalue weighted by atomic mass is 10.1. The molecule has 1 atom stereocenters. The van der Waals surface area contributed by atoms with Crippen molar-refractivity contribution < 1.29 is 20.1 Å². The minimum atomic E-state index is -1.71. The Morgan fingerprint density at radius 3 is 2.57 bits per heavy atom. The standard InChI is InChI=1S/C9H9ClO4/c1-4-2-3-5(6(10)7(4)11)8(12)9(13)14/h2-3,8,11-12H,1H3,(H,13,14). The van der Waals surface area contributed by atoms with Gasteiger partial charge in [0.05, 0.1) is 5.02 Å². The van der Waals surface area contributed by atoms with Gasteiger partial charge in [-0.25, -0.2) is 4.79 Å². The topological polar surface area (TPSA) is 77.8 Å². The van der Waals surface area contributed by atoms with Crippen molar-refractivity contribution in [3.8, 4) is 5.75 Å². The van der Waals surface area contributed by atoms with Crippen LogP contribution in [0.25, 0.3) is 0 Å². The Bertz CT molecular complexity index is 375. The number of carbonyl (C=O) groups is 1. The molecule has 0 fully saturated rings. The van der Waals surface area contributed by atoms with Crippen LogP contribution in [-0.4, -0.2) is 21.3 Å². The molecule has 0 aliphatic rings. The number of aliphatic hydroxyl groups excluding tert-OH is 1. The highest BCUT2D eigenvalue weighted by molar-refractivity contribution is 6.33. The summed E-state index contributed by atoms with van der Waals surface area (Å²) >= 11 is 5.66. The largest absolute Gasteiger partial charge is 0.506 e. The van der Waals surface area contributed by atoms with Crippen LogP contribution in [0.15, 0.2) is 12.1 Å². The van der Waals surface area contributed by atoms with Crippen LogP contribution in [0.3, 0.4) is 0 Å². The van der Waals surface area contributed by atoms with Gasteiger partial charge in [-0.1, -0.05) is 23.7 Å². The molecule has 3 N–H and O–H groups in total. The Labute approximate surface area is 85.4 Å². The first kappa shape index (κ1) is 10.8. The number of carboxylic acid groups (broad SMARTS) is 1. The van der Waals surface area contributed by atoms with Crippen molar-refractivity contribution in [2.24, 2.45) is 0 Å². The summed E-state index contributed by atoms with van der Waals surface area (Å²) < 4.78 is 0. The van der Waals surface area contributed by atoms with Crippen molar-refractivity contribution in [2.45, 2.75) is 13.0 Å². The van der Waals surface area contributed by atoms with Crippen LogP contribution in [0.1, 0.15) is 17.2 Å². The van der Waals surface area contributed by atoms with Crippen LogP contribution in [-0.2, 0) is 4.79 Å². The SMILES string of the molecule is Cc1ccc(C(O)C(=O)O)c(Cl)c1O. The monoisotopic (exact) mass is 216 g/mol. The van der Waals surface area contributed by atoms with E-state index < -0.39 is 12.1 Å². The number of carboxylic acids is 1. The molecule has 1 rings (SSSR count). The molecule has 0 amide bonds. The first-order chi connectivity index (χ1) is 6.45. The number of aromatic hydroxyl groups is 1. The van der Waals surface area contributed by atoms with Crippen molar-refractivity contribution in [1.29, 1.82) is 0 Å². The Kier molecular flexibility index (Phi) is 2.98. The summed E-state index contributed by atoms with van der Waals surface area (Å²) in [7, 11) is 0. The lowest BCUT2D eigenvalue weighted by Gasteiger charge is -2.10. The number of rotatable bonds is 2. The lowest BCUT2D eigenvalue weighted by Crippen LogP contribution is -2.11. The van der Waals surface area contributed by atoms with Gasteiger partial charge in [0.25, 0.3) is 0 Å². The van der Waals surface area contributed by atoms with E-state index in [-0.39, 0.29) is 16.3 Å². The van der Waals surface area contributed by atoms with Gasteiger partial charge in [-0.05, 0) is 12.5 Å². The highest BCUT2D eigenvalue weighted by Crippen LogP contribution is 2.33. The molecule has 0 radical (unpaired) electrons. The van der Waals surface area contributed by atoms with Gasteiger partial charge in [0.15, 0.2) is 6.10 Å². The second kappa shape index (κ2) is 3.86. The van der Waals surface area contributed by atoms with E-state index in [0.717, 1.165) is 0 Å². The van der Waals surface area contributed by atoms with Crippen LogP contribution >= 0.6 is 11.6 Å². The molecule has 4 nitrogen and oxygen atoms in total. The Morgan fingerprint density at radius 1 is 1.50 bits per heavy atom. The molecule has 0 bridgehead atoms. The van der Waals surface area contributed by atoms with Gasteiger partial charge in [-0.3, -0.25) is 0 Å². The molecule has 5 heteroatoms. The highest BCUT2D eigenvalue weighted by Gasteiger charge is 2.21. The van der Waals surface area contributed by atoms with E-state index in [2.05, 4.69) is 0 Å². The maximum absolute atomic E-state index is 10.5. The summed E-state index contributed by atoms with van der Waals surface area (Å²) in [5.41, 5.74) is 0.513. The molecule has 1 aromatic rings. The zero-order chi connectivity index (χ0) is 10.9. The summed E-state index contributed by atoms with van der Waals surface area (Å²) in [5, 5.41) is 27.0. The molecule has 0 heterocycles. The van der Waals surface area contributed by atoms with Gasteiger partial charge in [0.2, 0.25) is 0 Å². The van der Waals surface area contributed by atoms with Crippen molar-refractivity contribution in [3.05, 3.63) is 28.3 Å². The molecule has 0 spiro atoms. The number of phenols is 1. The molecule has 14 heavy (non-hydrogen) atoms. The molecular weight excluding hydrogens is 208 g/mol. The molecule has 0 aliphatic heterocycles. The number of hydrogen-bond acceptors (Lipinski definition) is 3. The second-order valence-corrected chi connectivity index (χ2v) is 3.25. The average Bonchev–Trinajstić information content (AvgIpc) is 2.13. The van der Waals surface area contributed by atoms with E-state index in [0.29, 0.717) is 5.56 Å². The molecule has 1 aromatic carbocycles. The maximum atomic E-state index is 10.5. The van der Waals surface area contributed by atoms with Crippen LogP contribution in [0, 0.1) is 6.92 Å². The van der Waals surface area contributed by atoms with Gasteiger partial charge >= 0.3 is 5.97 Å². The van der Waals surface area contributed by atoms with Crippen LogP contribution in [0.5, 0.6) is 5.75 Å². The van der Waals surface area contributed by atoms with E-state index in [1.165, 1.54) is 12.1 Å². The molecular formula is C9H9ClO4. The summed E-state index contributed by atoms with van der Waals surface area (Å²) in [5.74, 6) is -1.61. The second-order valence-electron chi connectivity index (χ2n) is 2.88. The normalized spacial score (nSPS) is 12.5. The number of aliphatic hydroxyl groups is 1. The fraction of sp³-hybridized carbons (Fsp3) is 0.222. The first-order valence-electron chi connectivity index (χ1n) is 3.84. The zero-order valence-corrected chi connectivity index (χ0v) is 8.12. The van der Waals surface area contributed by atoms with Crippen LogP contribution < -0.4 is 0 Å². The number of aryl methyl sites for hydroxylation is 1. The predicted molar refractivity (Wildman–Crippen MR) is 50.4 cm³/mol. The molecule has 0 saturated carbocycles. The molecule has 0 aromatic heterocycles. The first-order valence-corrected chi connectivity index (χ1v) is 4.21. The third-order valence-electron chi connectivity index (χ3n) is 1.88. The summed E-state index contributed by atoms with van der Waals surface area (Å²) in [6, 6.07) is 2.86. The van der Waals surface area contributed by atoms with E-state index in [4.69, 9.17) is 16.7 Å². The Hall–Kier alpha value is -1.26. The van der Waals surface area contributed by atoms with Crippen LogP contribution in [0.2, 0.25) is 5.02 Å². The smallest absolute Gasteiger partial charge is 0.337 e. The average molecular weight is 217 g/mol. The molecule has 0 saturated heterocycles. The number of phenolic OH excluding ortho intramolecular Hbond substituents is 1. The lowest BCUT2D eigenvalue weighted by molar-refractivity contribution is -0.146. The van der Waals surface area contributed by atoms with E-state index in [1.807, 2.05) is 0 Å². The number of aliphatic carboxylic acids is 1. The predicted octanol–water partition coefficient (Wildman–Crippen LogP) is 1.47. The van der Waals surface area contributed by atoms with Crippen LogP contribution in [0.4, 0.5) is 0 Å². The highest BCUT2D eigenvalue weighted by atomic mass is 35.5. The molecule has 1 unspecified atom stereocenters. The summed E-state index contributed by atoms with van der Waals surface area (Å²) in [4.78, 5) is 10.5. The zero-order valence-electron chi connectivity index (χ0n) is 7.36. The van der Waals surface area contributed by atoms with Gasteiger partial charge in [-0.15, -0.1) is 0 Å². The van der Waals surface area contributed by atoms with Crippen molar-refractivity contribution >= 4 is 17.6 Å². The summed E-state index contributed by atoms with van der Waals surface area (Å²) in [6.07, 6.45) is -1.71. The third kappa shape index (κ3) is 1.81. The van der Waals surface area contributed by atoms with Gasteiger partial charge in [0.1, 0.15) is 5.75 Å². The van der Waals surface area contributed by atoms with Gasteiger partial charge in [0, 0.05) is 5.56 Å². The fourth-order valence-corrected chi connectivity index (χ4v) is 1.34. The Morgan fingerprint density at radius 2 is 2.07 bits per heavy atom. The third-order valence-corrected chi connectivity index (χ3v) is 2.27. The number of benzene rings is 1.